The van der Waals surface area contributed by atoms with Crippen molar-refractivity contribution in [3.8, 4) is 66.6 Å². The quantitative estimate of drug-likeness (QED) is 0.156. The maximum atomic E-state index is 5.21. The zero-order chi connectivity index (χ0) is 44.0. The summed E-state index contributed by atoms with van der Waals surface area (Å²) in [6, 6.07) is 84.2. The molecule has 0 aliphatic rings. The van der Waals surface area contributed by atoms with Gasteiger partial charge in [0.15, 0.2) is 5.82 Å². The summed E-state index contributed by atoms with van der Waals surface area (Å²) in [4.78, 5) is 11.6. The van der Waals surface area contributed by atoms with Gasteiger partial charge in [0.2, 0.25) is 0 Å². The molecule has 0 saturated heterocycles. The Bertz CT molecular complexity index is 4210. The molecule has 12 aromatic carbocycles. The van der Waals surface area contributed by atoms with Crippen molar-refractivity contribution in [2.45, 2.75) is 0 Å². The SMILES string of the molecule is c1ccc(-c2nc(-c3ccc(-c4ccc(-c5cc6ccc7cccc8c9cccc%10ccc%11cccc(c(c5)c6c78)c%11c%109)cc4)cc3)cc(-c3ccccc3-c3cc4ccccc4s3)n2)cc1. The first kappa shape index (κ1) is 37.8. The molecule has 2 heterocycles. The van der Waals surface area contributed by atoms with Gasteiger partial charge in [-0.3, -0.25) is 0 Å². The van der Waals surface area contributed by atoms with E-state index >= 15 is 0 Å². The van der Waals surface area contributed by atoms with E-state index in [0.717, 1.165) is 33.6 Å². The van der Waals surface area contributed by atoms with Gasteiger partial charge in [-0.1, -0.05) is 200 Å². The third kappa shape index (κ3) is 6.16. The summed E-state index contributed by atoms with van der Waals surface area (Å²) in [5, 5.41) is 16.8. The highest BCUT2D eigenvalue weighted by molar-refractivity contribution is 7.22. The molecule has 0 amide bonds. The standard InChI is InChI=1S/C64H38N2S/c1-2-11-46(12-3-1)64-65-56(38-57(66-64)50-17-5-6-18-51(50)59-37-47-13-4-7-22-58(47)67-59)42-29-27-40(28-30-42)39-23-25-41(26-24-39)49-35-48-34-33-45-15-9-20-53-52-19-8-14-43-31-32-44-16-10-21-54(62(44)60(43)52)55(36-49)63(48)61(45)53/h1-38H. The Morgan fingerprint density at radius 2 is 0.761 bits per heavy atom. The fraction of sp³-hybridized carbons (Fsp3) is 0. The highest BCUT2D eigenvalue weighted by atomic mass is 32.1. The summed E-state index contributed by atoms with van der Waals surface area (Å²) >= 11 is 1.82. The van der Waals surface area contributed by atoms with Gasteiger partial charge in [0, 0.05) is 31.8 Å². The van der Waals surface area contributed by atoms with Crippen molar-refractivity contribution >= 4 is 86.1 Å². The highest BCUT2D eigenvalue weighted by Crippen LogP contribution is 2.45. The Hall–Kier alpha value is -8.50. The average molecular weight is 867 g/mol. The van der Waals surface area contributed by atoms with Gasteiger partial charge in [-0.05, 0) is 123 Å². The fourth-order valence-corrected chi connectivity index (χ4v) is 11.7. The minimum atomic E-state index is 0.708. The van der Waals surface area contributed by atoms with E-state index in [9.17, 15) is 0 Å². The lowest BCUT2D eigenvalue weighted by Gasteiger charge is -2.17. The normalized spacial score (nSPS) is 11.9. The first-order chi connectivity index (χ1) is 33.2. The molecule has 67 heavy (non-hydrogen) atoms. The van der Waals surface area contributed by atoms with Crippen LogP contribution >= 0.6 is 11.3 Å². The van der Waals surface area contributed by atoms with Crippen LogP contribution in [0.5, 0.6) is 0 Å². The van der Waals surface area contributed by atoms with Crippen LogP contribution in [-0.4, -0.2) is 9.97 Å². The molecule has 0 bridgehead atoms. The van der Waals surface area contributed by atoms with Gasteiger partial charge in [0.25, 0.3) is 0 Å². The Labute approximate surface area is 391 Å². The van der Waals surface area contributed by atoms with Crippen LogP contribution < -0.4 is 0 Å². The molecule has 0 spiro atoms. The molecule has 0 atom stereocenters. The van der Waals surface area contributed by atoms with E-state index in [1.54, 1.807) is 0 Å². The summed E-state index contributed by atoms with van der Waals surface area (Å²) in [5.41, 5.74) is 10.8. The Balaban J connectivity index is 0.857. The number of thiophene rings is 1. The summed E-state index contributed by atoms with van der Waals surface area (Å²) in [6.45, 7) is 0. The summed E-state index contributed by atoms with van der Waals surface area (Å²) in [6.07, 6.45) is 0. The average Bonchev–Trinajstić information content (AvgIpc) is 3.84. The molecule has 14 aromatic rings. The van der Waals surface area contributed by atoms with E-state index in [1.165, 1.54) is 102 Å². The van der Waals surface area contributed by atoms with E-state index in [-0.39, 0.29) is 0 Å². The van der Waals surface area contributed by atoms with Crippen molar-refractivity contribution in [1.29, 1.82) is 0 Å². The largest absolute Gasteiger partial charge is 0.228 e. The Morgan fingerprint density at radius 3 is 1.40 bits per heavy atom. The second-order valence-electron chi connectivity index (χ2n) is 17.6. The topological polar surface area (TPSA) is 25.8 Å². The minimum Gasteiger partial charge on any atom is -0.228 e. The van der Waals surface area contributed by atoms with Gasteiger partial charge in [0.1, 0.15) is 0 Å². The molecule has 0 radical (unpaired) electrons. The molecular formula is C64H38N2S. The van der Waals surface area contributed by atoms with Crippen molar-refractivity contribution in [3.63, 3.8) is 0 Å². The molecule has 0 aliphatic carbocycles. The lowest BCUT2D eigenvalue weighted by atomic mass is 9.86. The van der Waals surface area contributed by atoms with Crippen LogP contribution in [0.3, 0.4) is 0 Å². The third-order valence-electron chi connectivity index (χ3n) is 13.8. The van der Waals surface area contributed by atoms with Crippen molar-refractivity contribution in [2.24, 2.45) is 0 Å². The molecule has 0 aliphatic heterocycles. The first-order valence-corrected chi connectivity index (χ1v) is 23.7. The van der Waals surface area contributed by atoms with Gasteiger partial charge in [-0.15, -0.1) is 11.3 Å². The number of rotatable bonds is 6. The minimum absolute atomic E-state index is 0.708. The molecule has 0 saturated carbocycles. The van der Waals surface area contributed by atoms with Crippen molar-refractivity contribution < 1.29 is 0 Å². The van der Waals surface area contributed by atoms with Gasteiger partial charge in [0.05, 0.1) is 11.4 Å². The van der Waals surface area contributed by atoms with Gasteiger partial charge < -0.3 is 0 Å². The molecular weight excluding hydrogens is 829 g/mol. The fourth-order valence-electron chi connectivity index (χ4n) is 10.6. The van der Waals surface area contributed by atoms with Crippen LogP contribution in [0.15, 0.2) is 231 Å². The summed E-state index contributed by atoms with van der Waals surface area (Å²) < 4.78 is 1.28. The molecule has 2 aromatic heterocycles. The van der Waals surface area contributed by atoms with Crippen molar-refractivity contribution in [2.75, 3.05) is 0 Å². The van der Waals surface area contributed by atoms with E-state index < -0.39 is 0 Å². The molecule has 3 heteroatoms. The zero-order valence-corrected chi connectivity index (χ0v) is 37.1. The Kier molecular flexibility index (Phi) is 8.49. The molecule has 0 fully saturated rings. The predicted octanol–water partition coefficient (Wildman–Crippen LogP) is 18.1. The van der Waals surface area contributed by atoms with E-state index in [1.807, 2.05) is 29.5 Å². The van der Waals surface area contributed by atoms with Crippen molar-refractivity contribution in [1.82, 2.24) is 9.97 Å². The van der Waals surface area contributed by atoms with Gasteiger partial charge >= 0.3 is 0 Å². The smallest absolute Gasteiger partial charge is 0.160 e. The lowest BCUT2D eigenvalue weighted by molar-refractivity contribution is 1.18. The van der Waals surface area contributed by atoms with Crippen molar-refractivity contribution in [3.05, 3.63) is 231 Å². The molecule has 2 nitrogen and oxygen atoms in total. The highest BCUT2D eigenvalue weighted by Gasteiger charge is 2.18. The maximum absolute atomic E-state index is 5.21. The lowest BCUT2D eigenvalue weighted by Crippen LogP contribution is -1.96. The summed E-state index contributed by atoms with van der Waals surface area (Å²) in [5.74, 6) is 0.708. The number of aromatic nitrogens is 2. The monoisotopic (exact) mass is 866 g/mol. The van der Waals surface area contributed by atoms with Crippen LogP contribution in [0.25, 0.3) is 141 Å². The number of hydrogen-bond donors (Lipinski definition) is 0. The van der Waals surface area contributed by atoms with E-state index in [4.69, 9.17) is 9.97 Å². The first-order valence-electron chi connectivity index (χ1n) is 22.9. The Morgan fingerprint density at radius 1 is 0.269 bits per heavy atom. The van der Waals surface area contributed by atoms with Crippen LogP contribution in [0.1, 0.15) is 0 Å². The van der Waals surface area contributed by atoms with Crippen LogP contribution in [0, 0.1) is 0 Å². The van der Waals surface area contributed by atoms with E-state index in [2.05, 4.69) is 212 Å². The number of fused-ring (bicyclic) bond motifs is 3. The number of hydrogen-bond acceptors (Lipinski definition) is 3. The van der Waals surface area contributed by atoms with Crippen LogP contribution in [-0.2, 0) is 0 Å². The van der Waals surface area contributed by atoms with Crippen LogP contribution in [0.2, 0.25) is 0 Å². The second-order valence-corrected chi connectivity index (χ2v) is 18.7. The third-order valence-corrected chi connectivity index (χ3v) is 15.0. The van der Waals surface area contributed by atoms with Gasteiger partial charge in [-0.2, -0.15) is 0 Å². The molecule has 14 rings (SSSR count). The maximum Gasteiger partial charge on any atom is 0.160 e. The zero-order valence-electron chi connectivity index (χ0n) is 36.2. The van der Waals surface area contributed by atoms with E-state index in [0.29, 0.717) is 5.82 Å². The van der Waals surface area contributed by atoms with Gasteiger partial charge in [-0.25, -0.2) is 9.97 Å². The molecule has 0 N–H and O–H groups in total. The summed E-state index contributed by atoms with van der Waals surface area (Å²) in [7, 11) is 0. The second kappa shape index (κ2) is 15.0. The molecule has 0 unspecified atom stereocenters. The van der Waals surface area contributed by atoms with Crippen LogP contribution in [0.4, 0.5) is 0 Å². The number of benzene rings is 11. The number of nitrogens with zero attached hydrogens (tertiary/aromatic N) is 2. The molecule has 310 valence electrons. The predicted molar refractivity (Wildman–Crippen MR) is 286 cm³/mol.